The highest BCUT2D eigenvalue weighted by molar-refractivity contribution is 5.96. The van der Waals surface area contributed by atoms with Crippen LogP contribution in [0.4, 0.5) is 0 Å². The molecule has 0 unspecified atom stereocenters. The van der Waals surface area contributed by atoms with E-state index in [4.69, 9.17) is 15.7 Å². The molecule has 0 aliphatic carbocycles. The van der Waals surface area contributed by atoms with E-state index in [-0.39, 0.29) is 37.1 Å². The van der Waals surface area contributed by atoms with Gasteiger partial charge in [0.15, 0.2) is 0 Å². The third-order valence-electron chi connectivity index (χ3n) is 3.78. The lowest BCUT2D eigenvalue weighted by Crippen LogP contribution is -2.31. The highest BCUT2D eigenvalue weighted by Gasteiger charge is 2.11. The first-order chi connectivity index (χ1) is 14.0. The molecular weight excluding hydrogens is 378 g/mol. The lowest BCUT2D eigenvalue weighted by Gasteiger charge is -2.08. The summed E-state index contributed by atoms with van der Waals surface area (Å²) in [6, 6.07) is 11.2. The molecule has 3 amide bonds. The van der Waals surface area contributed by atoms with E-state index in [1.807, 2.05) is 5.43 Å². The summed E-state index contributed by atoms with van der Waals surface area (Å²) in [5, 5.41) is 14.0. The number of nitrogen functional groups attached to an aromatic ring is 1. The van der Waals surface area contributed by atoms with Crippen LogP contribution in [0.25, 0.3) is 0 Å². The number of aliphatic hydroxyl groups is 1. The Hall–Kier alpha value is -3.34. The number of hydrogen-bond donors (Lipinski definition) is 5. The molecule has 2 aromatic rings. The van der Waals surface area contributed by atoms with Crippen LogP contribution in [0.1, 0.15) is 36.9 Å². The topological polar surface area (TPSA) is 156 Å². The van der Waals surface area contributed by atoms with Crippen LogP contribution in [0, 0.1) is 0 Å². The van der Waals surface area contributed by atoms with Crippen molar-refractivity contribution in [3.63, 3.8) is 0 Å². The van der Waals surface area contributed by atoms with E-state index < -0.39 is 11.8 Å². The molecule has 0 aliphatic rings. The van der Waals surface area contributed by atoms with Crippen LogP contribution in [0.3, 0.4) is 0 Å². The summed E-state index contributed by atoms with van der Waals surface area (Å²) in [6.45, 7) is 1.06. The molecule has 10 nitrogen and oxygen atoms in total. The Labute approximate surface area is 167 Å². The van der Waals surface area contributed by atoms with Crippen molar-refractivity contribution in [2.75, 3.05) is 26.4 Å². The first kappa shape index (κ1) is 22.0. The molecular formula is C19H23N5O5. The van der Waals surface area contributed by atoms with Crippen LogP contribution in [0.5, 0.6) is 0 Å². The number of ether oxygens (including phenoxy) is 1. The number of nitrogens with zero attached hydrogens (tertiary/aromatic N) is 1. The number of aliphatic hydroxyl groups excluding tert-OH is 1. The Morgan fingerprint density at radius 2 is 1.62 bits per heavy atom. The monoisotopic (exact) mass is 401 g/mol. The van der Waals surface area contributed by atoms with E-state index in [9.17, 15) is 14.4 Å². The van der Waals surface area contributed by atoms with Gasteiger partial charge in [0.1, 0.15) is 11.4 Å². The molecule has 2 rings (SSSR count). The zero-order chi connectivity index (χ0) is 21.1. The Bertz CT molecular complexity index is 841. The molecule has 0 radical (unpaired) electrons. The first-order valence-electron chi connectivity index (χ1n) is 8.87. The van der Waals surface area contributed by atoms with Crippen molar-refractivity contribution in [1.82, 2.24) is 21.0 Å². The molecule has 0 bridgehead atoms. The van der Waals surface area contributed by atoms with Crippen molar-refractivity contribution in [3.8, 4) is 0 Å². The third-order valence-corrected chi connectivity index (χ3v) is 3.78. The zero-order valence-electron chi connectivity index (χ0n) is 15.7. The van der Waals surface area contributed by atoms with Crippen molar-refractivity contribution in [3.05, 3.63) is 65.0 Å². The van der Waals surface area contributed by atoms with Crippen LogP contribution in [-0.2, 0) is 11.3 Å². The number of carbonyl (C=O) groups is 3. The minimum absolute atomic E-state index is 0.0391. The van der Waals surface area contributed by atoms with Gasteiger partial charge < -0.3 is 20.5 Å². The molecule has 154 valence electrons. The Morgan fingerprint density at radius 1 is 0.931 bits per heavy atom. The molecule has 10 heteroatoms. The average molecular weight is 401 g/mol. The summed E-state index contributed by atoms with van der Waals surface area (Å²) >= 11 is 0. The van der Waals surface area contributed by atoms with Gasteiger partial charge in [-0.25, -0.2) is 10.8 Å². The Balaban J connectivity index is 1.84. The number of pyridine rings is 1. The van der Waals surface area contributed by atoms with Crippen molar-refractivity contribution >= 4 is 17.7 Å². The van der Waals surface area contributed by atoms with Gasteiger partial charge in [0, 0.05) is 18.7 Å². The largest absolute Gasteiger partial charge is 0.394 e. The van der Waals surface area contributed by atoms with E-state index in [2.05, 4.69) is 15.6 Å². The number of benzene rings is 1. The molecule has 1 aromatic carbocycles. The lowest BCUT2D eigenvalue weighted by molar-refractivity contribution is 0.0837. The average Bonchev–Trinajstić information content (AvgIpc) is 2.77. The molecule has 0 aliphatic heterocycles. The van der Waals surface area contributed by atoms with Crippen LogP contribution in [-0.4, -0.2) is 54.2 Å². The van der Waals surface area contributed by atoms with Crippen molar-refractivity contribution in [2.45, 2.75) is 6.54 Å². The summed E-state index contributed by atoms with van der Waals surface area (Å²) in [5.74, 6) is 3.78. The summed E-state index contributed by atoms with van der Waals surface area (Å²) in [6.07, 6.45) is 0. The maximum Gasteiger partial charge on any atom is 0.283 e. The second-order valence-electron chi connectivity index (χ2n) is 5.85. The number of amides is 3. The second-order valence-corrected chi connectivity index (χ2v) is 5.85. The minimum atomic E-state index is -0.589. The van der Waals surface area contributed by atoms with Crippen molar-refractivity contribution < 1.29 is 24.2 Å². The maximum absolute atomic E-state index is 12.2. The fraction of sp³-hybridized carbons (Fsp3) is 0.263. The quantitative estimate of drug-likeness (QED) is 0.153. The van der Waals surface area contributed by atoms with Gasteiger partial charge >= 0.3 is 0 Å². The van der Waals surface area contributed by atoms with E-state index in [1.54, 1.807) is 24.3 Å². The van der Waals surface area contributed by atoms with Gasteiger partial charge in [-0.15, -0.1) is 0 Å². The fourth-order valence-corrected chi connectivity index (χ4v) is 2.31. The summed E-state index contributed by atoms with van der Waals surface area (Å²) < 4.78 is 5.07. The summed E-state index contributed by atoms with van der Waals surface area (Å²) in [7, 11) is 0. The maximum atomic E-state index is 12.2. The normalized spacial score (nSPS) is 10.3. The number of hydrogen-bond acceptors (Lipinski definition) is 7. The number of nitrogens with two attached hydrogens (primary N) is 1. The van der Waals surface area contributed by atoms with Gasteiger partial charge in [-0.05, 0) is 29.8 Å². The smallest absolute Gasteiger partial charge is 0.283 e. The highest BCUT2D eigenvalue weighted by atomic mass is 16.5. The molecule has 29 heavy (non-hydrogen) atoms. The highest BCUT2D eigenvalue weighted by Crippen LogP contribution is 2.05. The molecule has 0 spiro atoms. The molecule has 1 heterocycles. The molecule has 1 aromatic heterocycles. The van der Waals surface area contributed by atoms with Crippen LogP contribution in [0.2, 0.25) is 0 Å². The van der Waals surface area contributed by atoms with Crippen LogP contribution < -0.4 is 21.9 Å². The Morgan fingerprint density at radius 3 is 2.28 bits per heavy atom. The lowest BCUT2D eigenvalue weighted by atomic mass is 10.1. The van der Waals surface area contributed by atoms with E-state index in [0.717, 1.165) is 5.56 Å². The number of hydrazine groups is 1. The summed E-state index contributed by atoms with van der Waals surface area (Å²) in [4.78, 5) is 39.7. The molecule has 0 saturated heterocycles. The Kier molecular flexibility index (Phi) is 8.70. The summed E-state index contributed by atoms with van der Waals surface area (Å²) in [5.41, 5.74) is 3.35. The standard InChI is InChI=1S/C19H23N5O5/c20-24-19(28)16-3-1-2-15(23-16)18(27)22-12-13-4-6-14(7-5-13)17(26)21-8-10-29-11-9-25/h1-7,25H,8-12,20H2,(H,21,26)(H,22,27)(H,24,28). The number of carbonyl (C=O) groups excluding carboxylic acids is 3. The zero-order valence-corrected chi connectivity index (χ0v) is 15.7. The van der Waals surface area contributed by atoms with E-state index in [0.29, 0.717) is 18.7 Å². The van der Waals surface area contributed by atoms with Gasteiger partial charge in [-0.1, -0.05) is 18.2 Å². The van der Waals surface area contributed by atoms with Gasteiger partial charge in [0.25, 0.3) is 17.7 Å². The number of aromatic nitrogens is 1. The molecule has 0 atom stereocenters. The van der Waals surface area contributed by atoms with Gasteiger partial charge in [0.2, 0.25) is 0 Å². The second kappa shape index (κ2) is 11.5. The van der Waals surface area contributed by atoms with Crippen molar-refractivity contribution in [2.24, 2.45) is 5.84 Å². The molecule has 0 saturated carbocycles. The minimum Gasteiger partial charge on any atom is -0.394 e. The third kappa shape index (κ3) is 6.96. The van der Waals surface area contributed by atoms with E-state index in [1.165, 1.54) is 18.2 Å². The predicted octanol–water partition coefficient (Wildman–Crippen LogP) is -0.646. The number of nitrogens with one attached hydrogen (secondary N) is 3. The van der Waals surface area contributed by atoms with Gasteiger partial charge in [-0.3, -0.25) is 19.8 Å². The SMILES string of the molecule is NNC(=O)c1cccc(C(=O)NCc2ccc(C(=O)NCCOCCO)cc2)n1. The molecule has 0 fully saturated rings. The number of rotatable bonds is 10. The van der Waals surface area contributed by atoms with Gasteiger partial charge in [0.05, 0.1) is 19.8 Å². The van der Waals surface area contributed by atoms with Crippen LogP contribution >= 0.6 is 0 Å². The van der Waals surface area contributed by atoms with Crippen molar-refractivity contribution in [1.29, 1.82) is 0 Å². The predicted molar refractivity (Wildman–Crippen MR) is 104 cm³/mol. The van der Waals surface area contributed by atoms with E-state index >= 15 is 0 Å². The van der Waals surface area contributed by atoms with Gasteiger partial charge in [-0.2, -0.15) is 0 Å². The fourth-order valence-electron chi connectivity index (χ4n) is 2.31. The van der Waals surface area contributed by atoms with Crippen LogP contribution in [0.15, 0.2) is 42.5 Å². The first-order valence-corrected chi connectivity index (χ1v) is 8.87. The molecule has 6 N–H and O–H groups in total.